The standard InChI is InChI=1S/C52H41N/c1-51(2)47-19-10-8-15-42(47)44-30-29-39(33-49(44)51)53(37-25-21-35(22-26-37)34-13-6-5-7-14-34)38-27-23-36(24-28-38)40-17-12-18-45-41(40)31-32-46-43-16-9-11-20-48(43)52(3,4)50(45)46/h5-33H,1-4H3. The molecule has 8 aromatic rings. The maximum absolute atomic E-state index is 2.42. The van der Waals surface area contributed by atoms with Gasteiger partial charge in [0.05, 0.1) is 0 Å². The van der Waals surface area contributed by atoms with Gasteiger partial charge in [0, 0.05) is 27.9 Å². The summed E-state index contributed by atoms with van der Waals surface area (Å²) in [7, 11) is 0. The molecule has 1 heteroatoms. The number of rotatable bonds is 5. The molecule has 10 rings (SSSR count). The predicted molar refractivity (Wildman–Crippen MR) is 225 cm³/mol. The van der Waals surface area contributed by atoms with Crippen molar-refractivity contribution >= 4 is 27.8 Å². The summed E-state index contributed by atoms with van der Waals surface area (Å²) in [6.07, 6.45) is 0. The Hall–Kier alpha value is -6.18. The molecule has 0 N–H and O–H groups in total. The highest BCUT2D eigenvalue weighted by Gasteiger charge is 2.37. The molecule has 0 aromatic heterocycles. The molecule has 0 spiro atoms. The molecule has 0 aliphatic heterocycles. The first-order valence-electron chi connectivity index (χ1n) is 18.8. The maximum Gasteiger partial charge on any atom is 0.0465 e. The van der Waals surface area contributed by atoms with Crippen LogP contribution in [0.2, 0.25) is 0 Å². The molecular weight excluding hydrogens is 639 g/mol. The van der Waals surface area contributed by atoms with Gasteiger partial charge in [-0.15, -0.1) is 0 Å². The van der Waals surface area contributed by atoms with E-state index in [1.165, 1.54) is 77.5 Å². The van der Waals surface area contributed by atoms with Crippen molar-refractivity contribution in [3.8, 4) is 44.5 Å². The highest BCUT2D eigenvalue weighted by Crippen LogP contribution is 2.53. The lowest BCUT2D eigenvalue weighted by atomic mass is 9.79. The quantitative estimate of drug-likeness (QED) is 0.175. The molecule has 0 atom stereocenters. The van der Waals surface area contributed by atoms with Crippen LogP contribution >= 0.6 is 0 Å². The Kier molecular flexibility index (Phi) is 6.94. The smallest absolute Gasteiger partial charge is 0.0465 e. The van der Waals surface area contributed by atoms with Crippen molar-refractivity contribution in [2.24, 2.45) is 0 Å². The number of benzene rings is 8. The van der Waals surface area contributed by atoms with E-state index in [-0.39, 0.29) is 10.8 Å². The number of nitrogens with zero attached hydrogens (tertiary/aromatic N) is 1. The second-order valence-electron chi connectivity index (χ2n) is 15.8. The highest BCUT2D eigenvalue weighted by atomic mass is 15.1. The topological polar surface area (TPSA) is 3.24 Å². The van der Waals surface area contributed by atoms with Gasteiger partial charge >= 0.3 is 0 Å². The Morgan fingerprint density at radius 1 is 0.321 bits per heavy atom. The number of anilines is 3. The van der Waals surface area contributed by atoms with Crippen LogP contribution in [0.1, 0.15) is 49.9 Å². The van der Waals surface area contributed by atoms with Gasteiger partial charge in [-0.1, -0.05) is 167 Å². The minimum absolute atomic E-state index is 0.0593. The Morgan fingerprint density at radius 2 is 0.830 bits per heavy atom. The van der Waals surface area contributed by atoms with Gasteiger partial charge in [-0.05, 0) is 114 Å². The molecule has 254 valence electrons. The lowest BCUT2D eigenvalue weighted by molar-refractivity contribution is 0.660. The molecule has 0 radical (unpaired) electrons. The van der Waals surface area contributed by atoms with Crippen LogP contribution < -0.4 is 4.90 Å². The molecule has 2 aliphatic carbocycles. The lowest BCUT2D eigenvalue weighted by Gasteiger charge is -2.28. The van der Waals surface area contributed by atoms with Gasteiger partial charge in [-0.25, -0.2) is 0 Å². The van der Waals surface area contributed by atoms with Crippen molar-refractivity contribution in [3.63, 3.8) is 0 Å². The first kappa shape index (κ1) is 31.5. The van der Waals surface area contributed by atoms with E-state index in [9.17, 15) is 0 Å². The van der Waals surface area contributed by atoms with Gasteiger partial charge in [0.1, 0.15) is 0 Å². The minimum Gasteiger partial charge on any atom is -0.310 e. The zero-order valence-electron chi connectivity index (χ0n) is 30.7. The fraction of sp³-hybridized carbons (Fsp3) is 0.115. The second-order valence-corrected chi connectivity index (χ2v) is 15.8. The molecule has 1 nitrogen and oxygen atoms in total. The fourth-order valence-electron chi connectivity index (χ4n) is 9.41. The van der Waals surface area contributed by atoms with Crippen molar-refractivity contribution in [1.29, 1.82) is 0 Å². The van der Waals surface area contributed by atoms with Crippen molar-refractivity contribution < 1.29 is 0 Å². The maximum atomic E-state index is 2.42. The zero-order valence-corrected chi connectivity index (χ0v) is 30.7. The van der Waals surface area contributed by atoms with Crippen molar-refractivity contribution in [3.05, 3.63) is 198 Å². The third-order valence-electron chi connectivity index (χ3n) is 12.1. The summed E-state index contributed by atoms with van der Waals surface area (Å²) < 4.78 is 0. The van der Waals surface area contributed by atoms with Gasteiger partial charge in [0.15, 0.2) is 0 Å². The number of fused-ring (bicyclic) bond motifs is 8. The van der Waals surface area contributed by atoms with Crippen molar-refractivity contribution in [1.82, 2.24) is 0 Å². The SMILES string of the molecule is CC1(C)c2ccccc2-c2ccc(N(c3ccc(-c4ccccc4)cc3)c3ccc(-c4cccc5c6c(ccc45)-c4ccccc4C6(C)C)cc3)cc21. The fourth-order valence-corrected chi connectivity index (χ4v) is 9.41. The normalized spacial score (nSPS) is 14.3. The summed E-state index contributed by atoms with van der Waals surface area (Å²) in [4.78, 5) is 2.41. The molecule has 2 aliphatic rings. The summed E-state index contributed by atoms with van der Waals surface area (Å²) in [5, 5.41) is 2.64. The Bertz CT molecular complexity index is 2700. The summed E-state index contributed by atoms with van der Waals surface area (Å²) in [6, 6.07) is 65.1. The highest BCUT2D eigenvalue weighted by molar-refractivity contribution is 6.04. The van der Waals surface area contributed by atoms with E-state index in [0.29, 0.717) is 0 Å². The van der Waals surface area contributed by atoms with Crippen LogP contribution in [0.25, 0.3) is 55.3 Å². The van der Waals surface area contributed by atoms with Crippen LogP contribution in [-0.4, -0.2) is 0 Å². The summed E-state index contributed by atoms with van der Waals surface area (Å²) in [6.45, 7) is 9.46. The van der Waals surface area contributed by atoms with Gasteiger partial charge in [-0.3, -0.25) is 0 Å². The first-order valence-corrected chi connectivity index (χ1v) is 18.8. The Labute approximate surface area is 312 Å². The van der Waals surface area contributed by atoms with Gasteiger partial charge < -0.3 is 4.90 Å². The van der Waals surface area contributed by atoms with Crippen molar-refractivity contribution in [2.75, 3.05) is 4.90 Å². The van der Waals surface area contributed by atoms with Crippen LogP contribution in [0.3, 0.4) is 0 Å². The van der Waals surface area contributed by atoms with Gasteiger partial charge in [0.2, 0.25) is 0 Å². The molecule has 0 unspecified atom stereocenters. The number of hydrogen-bond acceptors (Lipinski definition) is 1. The molecule has 0 saturated heterocycles. The van der Waals surface area contributed by atoms with E-state index in [0.717, 1.165) is 17.1 Å². The van der Waals surface area contributed by atoms with Crippen LogP contribution in [0, 0.1) is 0 Å². The van der Waals surface area contributed by atoms with Crippen LogP contribution in [-0.2, 0) is 10.8 Å². The molecule has 0 bridgehead atoms. The van der Waals surface area contributed by atoms with E-state index in [2.05, 4.69) is 209 Å². The average molecular weight is 680 g/mol. The average Bonchev–Trinajstić information content (AvgIpc) is 3.58. The zero-order chi connectivity index (χ0) is 35.9. The van der Waals surface area contributed by atoms with E-state index in [1.807, 2.05) is 0 Å². The third kappa shape index (κ3) is 4.77. The summed E-state index contributed by atoms with van der Waals surface area (Å²) >= 11 is 0. The van der Waals surface area contributed by atoms with Gasteiger partial charge in [0.25, 0.3) is 0 Å². The van der Waals surface area contributed by atoms with Crippen LogP contribution in [0.5, 0.6) is 0 Å². The van der Waals surface area contributed by atoms with Crippen LogP contribution in [0.4, 0.5) is 17.1 Å². The lowest BCUT2D eigenvalue weighted by Crippen LogP contribution is -2.16. The van der Waals surface area contributed by atoms with E-state index < -0.39 is 0 Å². The van der Waals surface area contributed by atoms with Crippen LogP contribution in [0.15, 0.2) is 176 Å². The van der Waals surface area contributed by atoms with E-state index in [4.69, 9.17) is 0 Å². The first-order chi connectivity index (χ1) is 25.8. The molecular formula is C52H41N. The minimum atomic E-state index is -0.0842. The number of hydrogen-bond donors (Lipinski definition) is 0. The predicted octanol–water partition coefficient (Wildman–Crippen LogP) is 14.3. The summed E-state index contributed by atoms with van der Waals surface area (Å²) in [5.74, 6) is 0. The van der Waals surface area contributed by atoms with Gasteiger partial charge in [-0.2, -0.15) is 0 Å². The monoisotopic (exact) mass is 679 g/mol. The molecule has 0 amide bonds. The van der Waals surface area contributed by atoms with Crippen molar-refractivity contribution in [2.45, 2.75) is 38.5 Å². The molecule has 0 saturated carbocycles. The Morgan fingerprint density at radius 3 is 1.53 bits per heavy atom. The molecule has 0 fully saturated rings. The molecule has 53 heavy (non-hydrogen) atoms. The van der Waals surface area contributed by atoms with E-state index >= 15 is 0 Å². The largest absolute Gasteiger partial charge is 0.310 e. The second kappa shape index (κ2) is 11.7. The Balaban J connectivity index is 1.08. The van der Waals surface area contributed by atoms with E-state index in [1.54, 1.807) is 0 Å². The summed E-state index contributed by atoms with van der Waals surface area (Å²) in [5.41, 5.74) is 19.2. The third-order valence-corrected chi connectivity index (χ3v) is 12.1. The molecule has 0 heterocycles. The molecule has 8 aromatic carbocycles.